The summed E-state index contributed by atoms with van der Waals surface area (Å²) in [4.78, 5) is 8.25. The van der Waals surface area contributed by atoms with Crippen LogP contribution in [-0.4, -0.2) is 19.1 Å². The van der Waals surface area contributed by atoms with E-state index in [-0.39, 0.29) is 0 Å². The standard InChI is InChI=1S/C11H14N2/c1-3-13-11(12-2)9-10-7-5-4-6-8-10/h3-8H,9H2,1-2H3. The lowest BCUT2D eigenvalue weighted by atomic mass is 10.1. The Kier molecular flexibility index (Phi) is 3.89. The Hall–Kier alpha value is -1.44. The minimum absolute atomic E-state index is 0.807. The molecule has 2 nitrogen and oxygen atoms in total. The summed E-state index contributed by atoms with van der Waals surface area (Å²) >= 11 is 0. The molecule has 13 heavy (non-hydrogen) atoms. The minimum atomic E-state index is 0.807. The number of rotatable bonds is 2. The van der Waals surface area contributed by atoms with Crippen LogP contribution in [0.3, 0.4) is 0 Å². The molecule has 0 N–H and O–H groups in total. The molecule has 0 unspecified atom stereocenters. The van der Waals surface area contributed by atoms with Crippen LogP contribution in [0.15, 0.2) is 40.3 Å². The molecule has 1 rings (SSSR count). The van der Waals surface area contributed by atoms with E-state index in [1.54, 1.807) is 13.3 Å². The third kappa shape index (κ3) is 3.20. The number of aliphatic imine (C=N–C) groups is 2. The van der Waals surface area contributed by atoms with Crippen molar-refractivity contribution in [2.75, 3.05) is 7.05 Å². The highest BCUT2D eigenvalue weighted by Gasteiger charge is 1.96. The van der Waals surface area contributed by atoms with Gasteiger partial charge in [0.25, 0.3) is 0 Å². The fourth-order valence-electron chi connectivity index (χ4n) is 1.11. The second-order valence-corrected chi connectivity index (χ2v) is 2.69. The normalized spacial score (nSPS) is 12.3. The van der Waals surface area contributed by atoms with Crippen LogP contribution < -0.4 is 0 Å². The maximum atomic E-state index is 4.16. The Morgan fingerprint density at radius 1 is 1.31 bits per heavy atom. The molecule has 0 aliphatic rings. The lowest BCUT2D eigenvalue weighted by molar-refractivity contribution is 1.25. The van der Waals surface area contributed by atoms with Crippen LogP contribution in [0.5, 0.6) is 0 Å². The van der Waals surface area contributed by atoms with Gasteiger partial charge < -0.3 is 0 Å². The van der Waals surface area contributed by atoms with Crippen molar-refractivity contribution in [1.29, 1.82) is 0 Å². The zero-order chi connectivity index (χ0) is 9.52. The van der Waals surface area contributed by atoms with Gasteiger partial charge in [0.1, 0.15) is 5.84 Å². The Morgan fingerprint density at radius 3 is 2.54 bits per heavy atom. The Labute approximate surface area is 79.0 Å². The fraction of sp³-hybridized carbons (Fsp3) is 0.273. The molecule has 0 spiro atoms. The van der Waals surface area contributed by atoms with Crippen LogP contribution in [0, 0.1) is 0 Å². The molecule has 0 fully saturated rings. The first-order chi connectivity index (χ1) is 6.36. The van der Waals surface area contributed by atoms with Crippen LogP contribution >= 0.6 is 0 Å². The molecule has 0 amide bonds. The van der Waals surface area contributed by atoms with Gasteiger partial charge in [0.2, 0.25) is 0 Å². The van der Waals surface area contributed by atoms with Crippen molar-refractivity contribution in [2.24, 2.45) is 9.98 Å². The summed E-state index contributed by atoms with van der Waals surface area (Å²) in [5.74, 6) is 0.869. The van der Waals surface area contributed by atoms with Gasteiger partial charge in [-0.25, -0.2) is 4.99 Å². The maximum Gasteiger partial charge on any atom is 0.126 e. The Morgan fingerprint density at radius 2 is 2.00 bits per heavy atom. The van der Waals surface area contributed by atoms with Crippen molar-refractivity contribution < 1.29 is 0 Å². The molecule has 0 heterocycles. The minimum Gasteiger partial charge on any atom is -0.274 e. The fourth-order valence-corrected chi connectivity index (χ4v) is 1.11. The number of hydrogen-bond donors (Lipinski definition) is 0. The highest BCUT2D eigenvalue weighted by molar-refractivity contribution is 5.90. The van der Waals surface area contributed by atoms with Crippen LogP contribution in [0.4, 0.5) is 0 Å². The van der Waals surface area contributed by atoms with Crippen molar-refractivity contribution in [1.82, 2.24) is 0 Å². The zero-order valence-electron chi connectivity index (χ0n) is 8.07. The summed E-state index contributed by atoms with van der Waals surface area (Å²) in [7, 11) is 1.77. The molecule has 1 aromatic rings. The largest absolute Gasteiger partial charge is 0.274 e. The quantitative estimate of drug-likeness (QED) is 0.485. The van der Waals surface area contributed by atoms with E-state index in [2.05, 4.69) is 22.1 Å². The van der Waals surface area contributed by atoms with Crippen molar-refractivity contribution in [3.63, 3.8) is 0 Å². The predicted molar refractivity (Wildman–Crippen MR) is 57.7 cm³/mol. The molecule has 0 saturated carbocycles. The molecule has 0 bridgehead atoms. The van der Waals surface area contributed by atoms with Gasteiger partial charge in [-0.1, -0.05) is 30.3 Å². The smallest absolute Gasteiger partial charge is 0.126 e. The van der Waals surface area contributed by atoms with Crippen molar-refractivity contribution >= 4 is 12.1 Å². The van der Waals surface area contributed by atoms with E-state index in [1.165, 1.54) is 5.56 Å². The van der Waals surface area contributed by atoms with Crippen molar-refractivity contribution in [3.05, 3.63) is 35.9 Å². The van der Waals surface area contributed by atoms with Crippen molar-refractivity contribution in [3.8, 4) is 0 Å². The van der Waals surface area contributed by atoms with E-state index in [0.29, 0.717) is 0 Å². The Bertz CT molecular complexity index is 299. The molecule has 0 aromatic heterocycles. The van der Waals surface area contributed by atoms with Gasteiger partial charge in [-0.2, -0.15) is 0 Å². The average molecular weight is 174 g/mol. The molecule has 0 radical (unpaired) electrons. The molecule has 1 aromatic carbocycles. The third-order valence-electron chi connectivity index (χ3n) is 1.74. The lowest BCUT2D eigenvalue weighted by Gasteiger charge is -1.99. The molecule has 0 aliphatic carbocycles. The summed E-state index contributed by atoms with van der Waals surface area (Å²) in [6, 6.07) is 10.2. The molecule has 0 atom stereocenters. The molecule has 0 aliphatic heterocycles. The first-order valence-electron chi connectivity index (χ1n) is 4.35. The van der Waals surface area contributed by atoms with Crippen LogP contribution in [0.1, 0.15) is 12.5 Å². The van der Waals surface area contributed by atoms with Gasteiger partial charge in [-0.05, 0) is 12.5 Å². The number of benzene rings is 1. The van der Waals surface area contributed by atoms with Crippen molar-refractivity contribution in [2.45, 2.75) is 13.3 Å². The van der Waals surface area contributed by atoms with Gasteiger partial charge in [0.05, 0.1) is 0 Å². The topological polar surface area (TPSA) is 24.7 Å². The van der Waals surface area contributed by atoms with E-state index in [1.807, 2.05) is 25.1 Å². The van der Waals surface area contributed by atoms with Crippen LogP contribution in [0.2, 0.25) is 0 Å². The Balaban J connectivity index is 2.68. The average Bonchev–Trinajstić information content (AvgIpc) is 2.19. The first-order valence-corrected chi connectivity index (χ1v) is 4.35. The van der Waals surface area contributed by atoms with E-state index in [4.69, 9.17) is 0 Å². The van der Waals surface area contributed by atoms with Gasteiger partial charge >= 0.3 is 0 Å². The lowest BCUT2D eigenvalue weighted by Crippen LogP contribution is -1.99. The summed E-state index contributed by atoms with van der Waals surface area (Å²) in [6.45, 7) is 1.90. The summed E-state index contributed by atoms with van der Waals surface area (Å²) < 4.78 is 0. The summed E-state index contributed by atoms with van der Waals surface area (Å²) in [5, 5.41) is 0. The molecule has 2 heteroatoms. The van der Waals surface area contributed by atoms with Gasteiger partial charge in [0.15, 0.2) is 0 Å². The van der Waals surface area contributed by atoms with Gasteiger partial charge in [-0.15, -0.1) is 0 Å². The second kappa shape index (κ2) is 5.25. The number of nitrogens with zero attached hydrogens (tertiary/aromatic N) is 2. The summed E-state index contributed by atoms with van der Waals surface area (Å²) in [5.41, 5.74) is 1.24. The highest BCUT2D eigenvalue weighted by Crippen LogP contribution is 2.01. The second-order valence-electron chi connectivity index (χ2n) is 2.69. The van der Waals surface area contributed by atoms with Crippen LogP contribution in [-0.2, 0) is 6.42 Å². The highest BCUT2D eigenvalue weighted by atomic mass is 14.9. The molecule has 0 saturated heterocycles. The maximum absolute atomic E-state index is 4.16. The predicted octanol–water partition coefficient (Wildman–Crippen LogP) is 2.35. The van der Waals surface area contributed by atoms with Crippen LogP contribution in [0.25, 0.3) is 0 Å². The van der Waals surface area contributed by atoms with E-state index in [9.17, 15) is 0 Å². The first kappa shape index (κ1) is 9.65. The number of hydrogen-bond acceptors (Lipinski definition) is 1. The SMILES string of the molecule is CC=NC(Cc1ccccc1)=NC. The molecular weight excluding hydrogens is 160 g/mol. The van der Waals surface area contributed by atoms with E-state index >= 15 is 0 Å². The van der Waals surface area contributed by atoms with E-state index in [0.717, 1.165) is 12.3 Å². The van der Waals surface area contributed by atoms with Gasteiger partial charge in [-0.3, -0.25) is 4.99 Å². The molecule has 68 valence electrons. The van der Waals surface area contributed by atoms with E-state index < -0.39 is 0 Å². The molecular formula is C11H14N2. The number of amidine groups is 1. The van der Waals surface area contributed by atoms with Gasteiger partial charge in [0, 0.05) is 19.7 Å². The monoisotopic (exact) mass is 174 g/mol. The zero-order valence-corrected chi connectivity index (χ0v) is 8.07. The third-order valence-corrected chi connectivity index (χ3v) is 1.74. The summed E-state index contributed by atoms with van der Waals surface area (Å²) in [6.07, 6.45) is 2.58.